The predicted molar refractivity (Wildman–Crippen MR) is 129 cm³/mol. The van der Waals surface area contributed by atoms with E-state index in [1.807, 2.05) is 48.5 Å². The molecule has 0 aliphatic carbocycles. The lowest BCUT2D eigenvalue weighted by Gasteiger charge is -2.05. The van der Waals surface area contributed by atoms with Crippen LogP contribution in [0.2, 0.25) is 5.02 Å². The average Bonchev–Trinajstić information content (AvgIpc) is 3.14. The highest BCUT2D eigenvalue weighted by atomic mass is 35.5. The molecule has 0 spiro atoms. The summed E-state index contributed by atoms with van der Waals surface area (Å²) in [5, 5.41) is 4.73. The number of amides is 1. The molecule has 156 valence electrons. The maximum Gasteiger partial charge on any atom is 0.264 e. The van der Waals surface area contributed by atoms with Crippen LogP contribution in [0.15, 0.2) is 77.0 Å². The number of hydrogen-bond acceptors (Lipinski definition) is 7. The van der Waals surface area contributed by atoms with Crippen LogP contribution in [0.25, 0.3) is 28.1 Å². The van der Waals surface area contributed by atoms with Gasteiger partial charge >= 0.3 is 0 Å². The first-order valence-electron chi connectivity index (χ1n) is 9.57. The summed E-state index contributed by atoms with van der Waals surface area (Å²) in [6.45, 7) is 0. The minimum absolute atomic E-state index is 0.204. The first-order chi connectivity index (χ1) is 15.5. The largest absolute Gasteiger partial charge is 0.368 e. The molecule has 1 saturated heterocycles. The number of amidine groups is 1. The molecule has 1 aliphatic rings. The molecule has 0 saturated carbocycles. The molecule has 3 N–H and O–H groups in total. The van der Waals surface area contributed by atoms with Crippen molar-refractivity contribution in [1.29, 1.82) is 0 Å². The van der Waals surface area contributed by atoms with Crippen molar-refractivity contribution in [3.05, 3.63) is 82.6 Å². The lowest BCUT2D eigenvalue weighted by atomic mass is 10.1. The third-order valence-electron chi connectivity index (χ3n) is 4.75. The molecule has 0 atom stereocenters. The number of nitrogens with zero attached hydrogens (tertiary/aromatic N) is 4. The normalized spacial score (nSPS) is 16.1. The fourth-order valence-corrected chi connectivity index (χ4v) is 4.18. The van der Waals surface area contributed by atoms with Crippen LogP contribution >= 0.6 is 23.4 Å². The molecule has 7 nitrogen and oxygen atoms in total. The molecule has 5 rings (SSSR count). The number of aromatic nitrogens is 3. The Bertz CT molecular complexity index is 1420. The third-order valence-corrected chi connectivity index (χ3v) is 5.98. The van der Waals surface area contributed by atoms with Gasteiger partial charge in [-0.15, -0.1) is 0 Å². The predicted octanol–water partition coefficient (Wildman–Crippen LogP) is 4.82. The van der Waals surface area contributed by atoms with Crippen molar-refractivity contribution in [2.45, 2.75) is 0 Å². The molecule has 0 unspecified atom stereocenters. The van der Waals surface area contributed by atoms with E-state index in [1.54, 1.807) is 24.7 Å². The van der Waals surface area contributed by atoms with E-state index >= 15 is 0 Å². The van der Waals surface area contributed by atoms with Gasteiger partial charge in [0, 0.05) is 29.5 Å². The number of nitrogens with one attached hydrogen (secondary N) is 1. The maximum absolute atomic E-state index is 12.5. The van der Waals surface area contributed by atoms with Crippen LogP contribution < -0.4 is 11.1 Å². The number of anilines is 1. The van der Waals surface area contributed by atoms with Gasteiger partial charge in [-0.3, -0.25) is 9.78 Å². The number of thioether (sulfide) groups is 1. The second kappa shape index (κ2) is 8.41. The van der Waals surface area contributed by atoms with E-state index in [4.69, 9.17) is 17.3 Å². The molecule has 0 bridgehead atoms. The van der Waals surface area contributed by atoms with Gasteiger partial charge in [-0.2, -0.15) is 0 Å². The van der Waals surface area contributed by atoms with E-state index in [0.717, 1.165) is 27.6 Å². The highest BCUT2D eigenvalue weighted by Gasteiger charge is 2.24. The van der Waals surface area contributed by atoms with Crippen LogP contribution in [0, 0.1) is 0 Å². The van der Waals surface area contributed by atoms with Crippen molar-refractivity contribution in [1.82, 2.24) is 20.3 Å². The molecule has 1 aliphatic heterocycles. The molecular formula is C23H15ClN6OS. The van der Waals surface area contributed by atoms with Crippen LogP contribution in [-0.4, -0.2) is 26.0 Å². The Balaban J connectivity index is 1.43. The Morgan fingerprint density at radius 2 is 1.88 bits per heavy atom. The van der Waals surface area contributed by atoms with Crippen molar-refractivity contribution >= 4 is 63.1 Å². The average molecular weight is 459 g/mol. The van der Waals surface area contributed by atoms with Crippen molar-refractivity contribution < 1.29 is 4.79 Å². The molecule has 1 fully saturated rings. The van der Waals surface area contributed by atoms with Gasteiger partial charge in [0.2, 0.25) is 5.95 Å². The van der Waals surface area contributed by atoms with E-state index in [9.17, 15) is 4.79 Å². The fourth-order valence-electron chi connectivity index (χ4n) is 3.19. The number of benzene rings is 2. The van der Waals surface area contributed by atoms with E-state index in [1.165, 1.54) is 11.8 Å². The minimum Gasteiger partial charge on any atom is -0.368 e. The molecule has 9 heteroatoms. The number of fused-ring (bicyclic) bond motifs is 1. The van der Waals surface area contributed by atoms with Crippen molar-refractivity contribution in [2.24, 2.45) is 4.99 Å². The number of carbonyl (C=O) groups is 1. The molecule has 3 heterocycles. The smallest absolute Gasteiger partial charge is 0.264 e. The number of aliphatic imine (C=N–C) groups is 1. The monoisotopic (exact) mass is 458 g/mol. The van der Waals surface area contributed by atoms with Gasteiger partial charge in [-0.25, -0.2) is 15.0 Å². The van der Waals surface area contributed by atoms with Gasteiger partial charge in [0.05, 0.1) is 21.1 Å². The van der Waals surface area contributed by atoms with Crippen LogP contribution in [-0.2, 0) is 4.79 Å². The van der Waals surface area contributed by atoms with Gasteiger partial charge in [0.25, 0.3) is 5.91 Å². The minimum atomic E-state index is -0.209. The van der Waals surface area contributed by atoms with Gasteiger partial charge in [-0.1, -0.05) is 29.8 Å². The highest BCUT2D eigenvalue weighted by molar-refractivity contribution is 8.18. The molecule has 1 amide bonds. The Labute approximate surface area is 192 Å². The lowest BCUT2D eigenvalue weighted by molar-refractivity contribution is -0.115. The second-order valence-corrected chi connectivity index (χ2v) is 8.37. The first kappa shape index (κ1) is 20.2. The molecule has 0 radical (unpaired) electrons. The Morgan fingerprint density at radius 3 is 2.72 bits per heavy atom. The summed E-state index contributed by atoms with van der Waals surface area (Å²) in [5.41, 5.74) is 9.52. The van der Waals surface area contributed by atoms with E-state index in [2.05, 4.69) is 25.3 Å². The molecule has 2 aromatic heterocycles. The van der Waals surface area contributed by atoms with Crippen LogP contribution in [0.3, 0.4) is 0 Å². The molecule has 2 aromatic carbocycles. The van der Waals surface area contributed by atoms with Crippen LogP contribution in [0.1, 0.15) is 5.56 Å². The summed E-state index contributed by atoms with van der Waals surface area (Å²) in [7, 11) is 0. The van der Waals surface area contributed by atoms with E-state index in [-0.39, 0.29) is 11.9 Å². The van der Waals surface area contributed by atoms with Crippen LogP contribution in [0.5, 0.6) is 0 Å². The summed E-state index contributed by atoms with van der Waals surface area (Å²) in [4.78, 5) is 29.9. The number of nitrogen functional groups attached to an aromatic ring is 1. The van der Waals surface area contributed by atoms with Gasteiger partial charge in [0.15, 0.2) is 5.17 Å². The SMILES string of the molecule is Nc1ncc(-c2ccc(Cl)c(N=C3NC(=O)C(=Cc4ccc5ncccc5c4)S3)c2)cn1. The summed E-state index contributed by atoms with van der Waals surface area (Å²) in [6, 6.07) is 15.1. The van der Waals surface area contributed by atoms with Gasteiger partial charge < -0.3 is 11.1 Å². The molecule has 32 heavy (non-hydrogen) atoms. The Morgan fingerprint density at radius 1 is 1.03 bits per heavy atom. The maximum atomic E-state index is 12.5. The van der Waals surface area contributed by atoms with Gasteiger partial charge in [-0.05, 0) is 59.3 Å². The van der Waals surface area contributed by atoms with Crippen molar-refractivity contribution in [3.63, 3.8) is 0 Å². The summed E-state index contributed by atoms with van der Waals surface area (Å²) in [6.07, 6.45) is 6.85. The zero-order valence-electron chi connectivity index (χ0n) is 16.5. The number of halogens is 1. The lowest BCUT2D eigenvalue weighted by Crippen LogP contribution is -2.19. The standard InChI is InChI=1S/C23H15ClN6OS/c24-17-5-4-14(16-11-27-22(25)28-12-16)10-19(17)29-23-30-21(31)20(32-23)9-13-3-6-18-15(8-13)2-1-7-26-18/h1-12H,(H2,25,27,28)(H,29,30,31). The van der Waals surface area contributed by atoms with E-state index in [0.29, 0.717) is 20.8 Å². The zero-order valence-corrected chi connectivity index (χ0v) is 18.1. The topological polar surface area (TPSA) is 106 Å². The Hall–Kier alpha value is -3.75. The van der Waals surface area contributed by atoms with Gasteiger partial charge in [0.1, 0.15) is 0 Å². The highest BCUT2D eigenvalue weighted by Crippen LogP contribution is 2.34. The van der Waals surface area contributed by atoms with Crippen LogP contribution in [0.4, 0.5) is 11.6 Å². The fraction of sp³-hybridized carbons (Fsp3) is 0. The number of pyridine rings is 1. The zero-order chi connectivity index (χ0) is 22.1. The quantitative estimate of drug-likeness (QED) is 0.426. The molecule has 4 aromatic rings. The summed E-state index contributed by atoms with van der Waals surface area (Å²) >= 11 is 7.61. The number of nitrogens with two attached hydrogens (primary N) is 1. The second-order valence-electron chi connectivity index (χ2n) is 6.93. The van der Waals surface area contributed by atoms with Crippen molar-refractivity contribution in [3.8, 4) is 11.1 Å². The van der Waals surface area contributed by atoms with Crippen molar-refractivity contribution in [2.75, 3.05) is 5.73 Å². The number of rotatable bonds is 3. The summed E-state index contributed by atoms with van der Waals surface area (Å²) < 4.78 is 0. The van der Waals surface area contributed by atoms with E-state index < -0.39 is 0 Å². The summed E-state index contributed by atoms with van der Waals surface area (Å²) in [5.74, 6) is -0.00511. The molecular weight excluding hydrogens is 444 g/mol. The number of hydrogen-bond donors (Lipinski definition) is 2. The third kappa shape index (κ3) is 4.18. The Kier molecular flexibility index (Phi) is 5.30. The first-order valence-corrected chi connectivity index (χ1v) is 10.8. The number of carbonyl (C=O) groups excluding carboxylic acids is 1.